The topological polar surface area (TPSA) is 65.0 Å². The van der Waals surface area contributed by atoms with Crippen LogP contribution in [-0.4, -0.2) is 36.0 Å². The molecule has 1 heterocycles. The zero-order chi connectivity index (χ0) is 25.4. The number of benzene rings is 2. The highest BCUT2D eigenvalue weighted by atomic mass is 16.5. The quantitative estimate of drug-likeness (QED) is 0.398. The summed E-state index contributed by atoms with van der Waals surface area (Å²) in [6.07, 6.45) is 12.3. The minimum Gasteiger partial charge on any atom is -0.481 e. The molecule has 2 fully saturated rings. The van der Waals surface area contributed by atoms with Gasteiger partial charge in [-0.15, -0.1) is 0 Å². The van der Waals surface area contributed by atoms with Crippen molar-refractivity contribution in [3.8, 4) is 0 Å². The van der Waals surface area contributed by atoms with Crippen molar-refractivity contribution >= 4 is 5.97 Å². The summed E-state index contributed by atoms with van der Waals surface area (Å²) < 4.78 is 19.1. The number of carboxylic acids is 1. The molecule has 5 heteroatoms. The van der Waals surface area contributed by atoms with E-state index in [0.717, 1.165) is 12.8 Å². The highest BCUT2D eigenvalue weighted by molar-refractivity contribution is 5.66. The zero-order valence-electron chi connectivity index (χ0n) is 21.9. The molecular weight excluding hydrogens is 452 g/mol. The van der Waals surface area contributed by atoms with Gasteiger partial charge in [0.2, 0.25) is 0 Å². The van der Waals surface area contributed by atoms with Crippen LogP contribution in [0.4, 0.5) is 0 Å². The molecule has 2 aromatic carbocycles. The number of rotatable bonds is 9. The Balaban J connectivity index is 0.000000658. The maximum absolute atomic E-state index is 9.37. The molecule has 3 unspecified atom stereocenters. The fourth-order valence-corrected chi connectivity index (χ4v) is 5.08. The molecule has 0 aromatic heterocycles. The van der Waals surface area contributed by atoms with E-state index in [1.54, 1.807) is 6.92 Å². The van der Waals surface area contributed by atoms with E-state index < -0.39 is 5.97 Å². The van der Waals surface area contributed by atoms with E-state index >= 15 is 0 Å². The molecule has 1 aliphatic heterocycles. The molecule has 36 heavy (non-hydrogen) atoms. The molecular formula is C31H44O5. The average Bonchev–Trinajstić information content (AvgIpc) is 2.89. The molecule has 0 radical (unpaired) electrons. The molecule has 1 aliphatic carbocycles. The van der Waals surface area contributed by atoms with Gasteiger partial charge in [0, 0.05) is 19.3 Å². The van der Waals surface area contributed by atoms with Gasteiger partial charge in [-0.3, -0.25) is 4.79 Å². The molecule has 1 N–H and O–H groups in total. The smallest absolute Gasteiger partial charge is 0.303 e. The lowest BCUT2D eigenvalue weighted by Crippen LogP contribution is -2.42. The fraction of sp³-hybridized carbons (Fsp3) is 0.581. The number of ether oxygens (including phenoxy) is 3. The van der Waals surface area contributed by atoms with E-state index in [0.29, 0.717) is 31.8 Å². The van der Waals surface area contributed by atoms with E-state index in [9.17, 15) is 4.79 Å². The third-order valence-electron chi connectivity index (χ3n) is 7.11. The summed E-state index contributed by atoms with van der Waals surface area (Å²) in [5.41, 5.74) is 2.46. The van der Waals surface area contributed by atoms with E-state index in [2.05, 4.69) is 54.6 Å². The van der Waals surface area contributed by atoms with Gasteiger partial charge in [-0.25, -0.2) is 0 Å². The first-order chi connectivity index (χ1) is 17.6. The van der Waals surface area contributed by atoms with Gasteiger partial charge in [0.1, 0.15) is 0 Å². The zero-order valence-corrected chi connectivity index (χ0v) is 21.9. The number of aliphatic carboxylic acids is 1. The van der Waals surface area contributed by atoms with Gasteiger partial charge < -0.3 is 19.3 Å². The van der Waals surface area contributed by atoms with Crippen LogP contribution in [0.2, 0.25) is 0 Å². The van der Waals surface area contributed by atoms with Crippen LogP contribution in [0.1, 0.15) is 82.3 Å². The van der Waals surface area contributed by atoms with Gasteiger partial charge in [-0.2, -0.15) is 0 Å². The summed E-state index contributed by atoms with van der Waals surface area (Å²) in [5, 5.41) is 7.72. The lowest BCUT2D eigenvalue weighted by atomic mass is 9.83. The standard InChI is InChI=1S/C28H38O3.C3H6O2/c1-2-10-16-25(17-11-3-1)28-19-26(30-21-24-14-8-5-9-15-24)18-27(31-28)22-29-20-23-12-6-4-7-13-23;1-2-3(4)5/h4-9,12-15,25-28H,1-3,10-11,16-22H2;2H2,1H3,(H,4,5). The third-order valence-corrected chi connectivity index (χ3v) is 7.11. The van der Waals surface area contributed by atoms with E-state index in [1.807, 2.05) is 6.07 Å². The predicted octanol–water partition coefficient (Wildman–Crippen LogP) is 7.18. The Kier molecular flexibility index (Phi) is 13.0. The lowest BCUT2D eigenvalue weighted by molar-refractivity contribution is -0.157. The van der Waals surface area contributed by atoms with E-state index in [1.165, 1.54) is 56.1 Å². The van der Waals surface area contributed by atoms with Crippen molar-refractivity contribution in [2.75, 3.05) is 6.61 Å². The molecule has 0 spiro atoms. The fourth-order valence-electron chi connectivity index (χ4n) is 5.08. The normalized spacial score (nSPS) is 23.1. The summed E-state index contributed by atoms with van der Waals surface area (Å²) >= 11 is 0. The molecule has 2 aromatic rings. The monoisotopic (exact) mass is 496 g/mol. The Hall–Kier alpha value is -2.21. The van der Waals surface area contributed by atoms with Crippen LogP contribution in [0.5, 0.6) is 0 Å². The van der Waals surface area contributed by atoms with Crippen molar-refractivity contribution in [3.05, 3.63) is 71.8 Å². The first kappa shape index (κ1) is 28.4. The van der Waals surface area contributed by atoms with E-state index in [-0.39, 0.29) is 18.6 Å². The molecule has 3 atom stereocenters. The van der Waals surface area contributed by atoms with Crippen LogP contribution in [0.3, 0.4) is 0 Å². The lowest BCUT2D eigenvalue weighted by Gasteiger charge is -2.39. The van der Waals surface area contributed by atoms with Gasteiger partial charge in [-0.05, 0) is 29.9 Å². The van der Waals surface area contributed by atoms with Crippen molar-refractivity contribution < 1.29 is 24.1 Å². The maximum Gasteiger partial charge on any atom is 0.303 e. The highest BCUT2D eigenvalue weighted by Gasteiger charge is 2.34. The second kappa shape index (κ2) is 16.5. The molecule has 2 aliphatic rings. The Morgan fingerprint density at radius 3 is 2.00 bits per heavy atom. The molecule has 198 valence electrons. The number of hydrogen-bond donors (Lipinski definition) is 1. The second-order valence-corrected chi connectivity index (χ2v) is 10.0. The Bertz CT molecular complexity index is 833. The minimum atomic E-state index is -0.745. The van der Waals surface area contributed by atoms with E-state index in [4.69, 9.17) is 19.3 Å². The highest BCUT2D eigenvalue weighted by Crippen LogP contribution is 2.34. The molecule has 5 nitrogen and oxygen atoms in total. The molecule has 1 saturated heterocycles. The van der Waals surface area contributed by atoms with Gasteiger partial charge in [0.15, 0.2) is 0 Å². The summed E-state index contributed by atoms with van der Waals surface area (Å²) in [6.45, 7) is 3.57. The minimum absolute atomic E-state index is 0.119. The molecule has 0 bridgehead atoms. The van der Waals surface area contributed by atoms with Crippen molar-refractivity contribution in [2.45, 2.75) is 103 Å². The molecule has 0 amide bonds. The first-order valence-corrected chi connectivity index (χ1v) is 13.8. The van der Waals surface area contributed by atoms with Crippen molar-refractivity contribution in [1.82, 2.24) is 0 Å². The Morgan fingerprint density at radius 1 is 0.861 bits per heavy atom. The van der Waals surface area contributed by atoms with Crippen molar-refractivity contribution in [3.63, 3.8) is 0 Å². The Labute approximate surface area is 217 Å². The van der Waals surface area contributed by atoms with Crippen LogP contribution in [0, 0.1) is 5.92 Å². The Morgan fingerprint density at radius 2 is 1.42 bits per heavy atom. The number of carboxylic acid groups (broad SMARTS) is 1. The van der Waals surface area contributed by atoms with Crippen LogP contribution in [0.15, 0.2) is 60.7 Å². The van der Waals surface area contributed by atoms with Gasteiger partial charge in [0.25, 0.3) is 0 Å². The third kappa shape index (κ3) is 10.8. The largest absolute Gasteiger partial charge is 0.481 e. The van der Waals surface area contributed by atoms with Crippen LogP contribution in [-0.2, 0) is 32.2 Å². The second-order valence-electron chi connectivity index (χ2n) is 10.0. The van der Waals surface area contributed by atoms with Crippen LogP contribution >= 0.6 is 0 Å². The predicted molar refractivity (Wildman–Crippen MR) is 143 cm³/mol. The first-order valence-electron chi connectivity index (χ1n) is 13.8. The van der Waals surface area contributed by atoms with Crippen LogP contribution < -0.4 is 0 Å². The summed E-state index contributed by atoms with van der Waals surface area (Å²) in [5.74, 6) is -0.0787. The van der Waals surface area contributed by atoms with Crippen molar-refractivity contribution in [1.29, 1.82) is 0 Å². The van der Waals surface area contributed by atoms with Gasteiger partial charge >= 0.3 is 5.97 Å². The number of carbonyl (C=O) groups is 1. The SMILES string of the molecule is CCC(=O)O.c1ccc(COCC2CC(OCc3ccccc3)CC(C3CCCCCCC3)O2)cc1. The van der Waals surface area contributed by atoms with Crippen molar-refractivity contribution in [2.24, 2.45) is 5.92 Å². The average molecular weight is 497 g/mol. The van der Waals surface area contributed by atoms with Gasteiger partial charge in [0.05, 0.1) is 38.1 Å². The molecule has 1 saturated carbocycles. The molecule has 4 rings (SSSR count). The summed E-state index contributed by atoms with van der Waals surface area (Å²) in [4.78, 5) is 9.37. The number of hydrogen-bond acceptors (Lipinski definition) is 4. The van der Waals surface area contributed by atoms with Gasteiger partial charge in [-0.1, -0.05) is 99.7 Å². The van der Waals surface area contributed by atoms with Crippen LogP contribution in [0.25, 0.3) is 0 Å². The summed E-state index contributed by atoms with van der Waals surface area (Å²) in [6, 6.07) is 20.9. The summed E-state index contributed by atoms with van der Waals surface area (Å²) in [7, 11) is 0. The maximum atomic E-state index is 9.37.